The van der Waals surface area contributed by atoms with Crippen molar-refractivity contribution in [1.29, 1.82) is 0 Å². The molecule has 112 valence electrons. The maximum absolute atomic E-state index is 6.19. The SMILES string of the molecule is CCOc1ccc(C(N)COc2cccc(C)c2C)cc1. The second-order valence-electron chi connectivity index (χ2n) is 5.12. The Labute approximate surface area is 126 Å². The first-order chi connectivity index (χ1) is 10.1. The second kappa shape index (κ2) is 7.14. The highest BCUT2D eigenvalue weighted by Crippen LogP contribution is 2.22. The van der Waals surface area contributed by atoms with E-state index in [0.29, 0.717) is 13.2 Å². The summed E-state index contributed by atoms with van der Waals surface area (Å²) >= 11 is 0. The van der Waals surface area contributed by atoms with Crippen molar-refractivity contribution in [1.82, 2.24) is 0 Å². The molecular formula is C18H23NO2. The Hall–Kier alpha value is -2.00. The Kier molecular flexibility index (Phi) is 5.23. The molecule has 2 N–H and O–H groups in total. The normalized spacial score (nSPS) is 12.0. The number of nitrogens with two attached hydrogens (primary N) is 1. The fourth-order valence-corrected chi connectivity index (χ4v) is 2.13. The van der Waals surface area contributed by atoms with Gasteiger partial charge >= 0.3 is 0 Å². The van der Waals surface area contributed by atoms with Crippen molar-refractivity contribution in [3.63, 3.8) is 0 Å². The highest BCUT2D eigenvalue weighted by Gasteiger charge is 2.09. The van der Waals surface area contributed by atoms with Crippen LogP contribution in [0, 0.1) is 13.8 Å². The van der Waals surface area contributed by atoms with E-state index in [9.17, 15) is 0 Å². The van der Waals surface area contributed by atoms with E-state index in [1.54, 1.807) is 0 Å². The van der Waals surface area contributed by atoms with Gasteiger partial charge in [0.15, 0.2) is 0 Å². The molecule has 3 heteroatoms. The maximum Gasteiger partial charge on any atom is 0.122 e. The summed E-state index contributed by atoms with van der Waals surface area (Å²) in [4.78, 5) is 0. The molecule has 0 aliphatic rings. The van der Waals surface area contributed by atoms with Gasteiger partial charge in [0, 0.05) is 0 Å². The number of ether oxygens (including phenoxy) is 2. The molecule has 2 aromatic rings. The van der Waals surface area contributed by atoms with Crippen LogP contribution in [0.15, 0.2) is 42.5 Å². The van der Waals surface area contributed by atoms with Crippen LogP contribution in [0.5, 0.6) is 11.5 Å². The minimum absolute atomic E-state index is 0.152. The van der Waals surface area contributed by atoms with E-state index in [4.69, 9.17) is 15.2 Å². The van der Waals surface area contributed by atoms with Gasteiger partial charge in [0.05, 0.1) is 12.6 Å². The Balaban J connectivity index is 1.98. The van der Waals surface area contributed by atoms with Crippen LogP contribution in [0.25, 0.3) is 0 Å². The summed E-state index contributed by atoms with van der Waals surface area (Å²) in [6, 6.07) is 13.8. The zero-order chi connectivity index (χ0) is 15.2. The molecule has 0 spiro atoms. The van der Waals surface area contributed by atoms with Gasteiger partial charge in [-0.25, -0.2) is 0 Å². The summed E-state index contributed by atoms with van der Waals surface area (Å²) in [7, 11) is 0. The van der Waals surface area contributed by atoms with Crippen LogP contribution in [-0.4, -0.2) is 13.2 Å². The smallest absolute Gasteiger partial charge is 0.122 e. The van der Waals surface area contributed by atoms with E-state index < -0.39 is 0 Å². The van der Waals surface area contributed by atoms with Crippen molar-refractivity contribution < 1.29 is 9.47 Å². The van der Waals surface area contributed by atoms with Gasteiger partial charge in [-0.2, -0.15) is 0 Å². The fraction of sp³-hybridized carbons (Fsp3) is 0.333. The van der Waals surface area contributed by atoms with Crippen LogP contribution in [0.3, 0.4) is 0 Å². The fourth-order valence-electron chi connectivity index (χ4n) is 2.13. The third-order valence-corrected chi connectivity index (χ3v) is 3.59. The number of benzene rings is 2. The minimum Gasteiger partial charge on any atom is -0.494 e. The molecule has 1 atom stereocenters. The third kappa shape index (κ3) is 3.99. The molecule has 0 aliphatic carbocycles. The Bertz CT molecular complexity index is 578. The van der Waals surface area contributed by atoms with Crippen molar-refractivity contribution in [2.75, 3.05) is 13.2 Å². The lowest BCUT2D eigenvalue weighted by Crippen LogP contribution is -2.19. The molecular weight excluding hydrogens is 262 g/mol. The summed E-state index contributed by atoms with van der Waals surface area (Å²) in [5.74, 6) is 1.76. The zero-order valence-electron chi connectivity index (χ0n) is 12.9. The molecule has 0 saturated carbocycles. The van der Waals surface area contributed by atoms with Gasteiger partial charge in [-0.1, -0.05) is 24.3 Å². The molecule has 0 radical (unpaired) electrons. The van der Waals surface area contributed by atoms with Crippen molar-refractivity contribution in [3.05, 3.63) is 59.2 Å². The Morgan fingerprint density at radius 2 is 1.71 bits per heavy atom. The van der Waals surface area contributed by atoms with Crippen molar-refractivity contribution >= 4 is 0 Å². The molecule has 0 saturated heterocycles. The molecule has 2 rings (SSSR count). The topological polar surface area (TPSA) is 44.5 Å². The quantitative estimate of drug-likeness (QED) is 0.878. The van der Waals surface area contributed by atoms with Crippen molar-refractivity contribution in [2.24, 2.45) is 5.73 Å². The summed E-state index contributed by atoms with van der Waals surface area (Å²) in [5, 5.41) is 0. The lowest BCUT2D eigenvalue weighted by atomic mass is 10.1. The zero-order valence-corrected chi connectivity index (χ0v) is 12.9. The predicted octanol–water partition coefficient (Wildman–Crippen LogP) is 3.78. The van der Waals surface area contributed by atoms with Crippen LogP contribution in [0.4, 0.5) is 0 Å². The largest absolute Gasteiger partial charge is 0.494 e. The molecule has 2 aromatic carbocycles. The van der Waals surface area contributed by atoms with E-state index in [1.807, 2.05) is 43.3 Å². The second-order valence-corrected chi connectivity index (χ2v) is 5.12. The lowest BCUT2D eigenvalue weighted by molar-refractivity contribution is 0.288. The maximum atomic E-state index is 6.19. The van der Waals surface area contributed by atoms with Gasteiger partial charge in [-0.15, -0.1) is 0 Å². The highest BCUT2D eigenvalue weighted by atomic mass is 16.5. The third-order valence-electron chi connectivity index (χ3n) is 3.59. The molecule has 0 amide bonds. The Morgan fingerprint density at radius 1 is 1.00 bits per heavy atom. The van der Waals surface area contributed by atoms with E-state index in [2.05, 4.69) is 19.9 Å². The standard InChI is InChI=1S/C18H23NO2/c1-4-20-16-10-8-15(9-11-16)17(19)12-21-18-7-5-6-13(2)14(18)3/h5-11,17H,4,12,19H2,1-3H3. The highest BCUT2D eigenvalue weighted by molar-refractivity contribution is 5.38. The molecule has 0 aliphatic heterocycles. The minimum atomic E-state index is -0.152. The van der Waals surface area contributed by atoms with Crippen LogP contribution >= 0.6 is 0 Å². The molecule has 0 heterocycles. The lowest BCUT2D eigenvalue weighted by Gasteiger charge is -2.16. The van der Waals surface area contributed by atoms with E-state index in [0.717, 1.165) is 22.6 Å². The molecule has 21 heavy (non-hydrogen) atoms. The van der Waals surface area contributed by atoms with Crippen LogP contribution < -0.4 is 15.2 Å². The average molecular weight is 285 g/mol. The summed E-state index contributed by atoms with van der Waals surface area (Å²) in [6.07, 6.45) is 0. The first-order valence-corrected chi connectivity index (χ1v) is 7.29. The van der Waals surface area contributed by atoms with Gasteiger partial charge in [0.25, 0.3) is 0 Å². The van der Waals surface area contributed by atoms with Crippen LogP contribution in [0.1, 0.15) is 29.7 Å². The molecule has 0 fully saturated rings. The monoisotopic (exact) mass is 285 g/mol. The van der Waals surface area contributed by atoms with E-state index >= 15 is 0 Å². The molecule has 3 nitrogen and oxygen atoms in total. The molecule has 0 bridgehead atoms. The van der Waals surface area contributed by atoms with Crippen LogP contribution in [0.2, 0.25) is 0 Å². The van der Waals surface area contributed by atoms with E-state index in [-0.39, 0.29) is 6.04 Å². The van der Waals surface area contributed by atoms with Gasteiger partial charge in [-0.05, 0) is 55.7 Å². The van der Waals surface area contributed by atoms with Gasteiger partial charge in [-0.3, -0.25) is 0 Å². The first-order valence-electron chi connectivity index (χ1n) is 7.29. The average Bonchev–Trinajstić information content (AvgIpc) is 2.49. The number of hydrogen-bond donors (Lipinski definition) is 1. The predicted molar refractivity (Wildman–Crippen MR) is 86.0 cm³/mol. The van der Waals surface area contributed by atoms with Gasteiger partial charge < -0.3 is 15.2 Å². The van der Waals surface area contributed by atoms with Crippen molar-refractivity contribution in [3.8, 4) is 11.5 Å². The van der Waals surface area contributed by atoms with Gasteiger partial charge in [0.1, 0.15) is 18.1 Å². The van der Waals surface area contributed by atoms with Gasteiger partial charge in [0.2, 0.25) is 0 Å². The first kappa shape index (κ1) is 15.4. The van der Waals surface area contributed by atoms with Crippen LogP contribution in [-0.2, 0) is 0 Å². The number of rotatable bonds is 6. The molecule has 0 aromatic heterocycles. The Morgan fingerprint density at radius 3 is 2.38 bits per heavy atom. The van der Waals surface area contributed by atoms with E-state index in [1.165, 1.54) is 5.56 Å². The molecule has 1 unspecified atom stereocenters. The summed E-state index contributed by atoms with van der Waals surface area (Å²) < 4.78 is 11.3. The van der Waals surface area contributed by atoms with Crippen molar-refractivity contribution in [2.45, 2.75) is 26.8 Å². The summed E-state index contributed by atoms with van der Waals surface area (Å²) in [5.41, 5.74) is 9.62. The summed E-state index contributed by atoms with van der Waals surface area (Å²) in [6.45, 7) is 7.23. The number of hydrogen-bond acceptors (Lipinski definition) is 3. The number of aryl methyl sites for hydroxylation is 1.